The highest BCUT2D eigenvalue weighted by Gasteiger charge is 2.24. The van der Waals surface area contributed by atoms with Crippen molar-refractivity contribution in [2.45, 2.75) is 66.2 Å². The molecule has 0 aliphatic carbocycles. The maximum absolute atomic E-state index is 5.06. The molecule has 0 atom stereocenters. The van der Waals surface area contributed by atoms with E-state index in [4.69, 9.17) is 4.98 Å². The van der Waals surface area contributed by atoms with Crippen LogP contribution in [0.3, 0.4) is 0 Å². The van der Waals surface area contributed by atoms with E-state index in [-0.39, 0.29) is 10.8 Å². The molecule has 0 N–H and O–H groups in total. The lowest BCUT2D eigenvalue weighted by atomic mass is 9.83. The molecule has 3 rings (SSSR count). The Kier molecular flexibility index (Phi) is 5.09. The van der Waals surface area contributed by atoms with Crippen molar-refractivity contribution >= 4 is 0 Å². The van der Waals surface area contributed by atoms with Crippen LogP contribution in [-0.4, -0.2) is 19.9 Å². The second kappa shape index (κ2) is 7.08. The molecular weight excluding hydrogens is 344 g/mol. The Morgan fingerprint density at radius 2 is 1.11 bits per heavy atom. The molecule has 0 saturated heterocycles. The van der Waals surface area contributed by atoms with E-state index in [0.717, 1.165) is 34.2 Å². The molecular formula is C24H30N4. The number of rotatable bonds is 2. The predicted molar refractivity (Wildman–Crippen MR) is 115 cm³/mol. The lowest BCUT2D eigenvalue weighted by Crippen LogP contribution is -2.20. The molecule has 0 aliphatic heterocycles. The molecule has 146 valence electrons. The highest BCUT2D eigenvalue weighted by Crippen LogP contribution is 2.34. The van der Waals surface area contributed by atoms with E-state index >= 15 is 0 Å². The minimum atomic E-state index is -0.0439. The van der Waals surface area contributed by atoms with E-state index in [2.05, 4.69) is 92.9 Å². The van der Waals surface area contributed by atoms with Gasteiger partial charge in [0.05, 0.1) is 5.69 Å². The fourth-order valence-electron chi connectivity index (χ4n) is 3.23. The van der Waals surface area contributed by atoms with E-state index in [0.29, 0.717) is 5.82 Å². The van der Waals surface area contributed by atoms with Crippen molar-refractivity contribution < 1.29 is 0 Å². The summed E-state index contributed by atoms with van der Waals surface area (Å²) in [7, 11) is 0. The van der Waals surface area contributed by atoms with Gasteiger partial charge < -0.3 is 0 Å². The molecule has 28 heavy (non-hydrogen) atoms. The molecule has 1 aromatic carbocycles. The Bertz CT molecular complexity index is 970. The average Bonchev–Trinajstić information content (AvgIpc) is 2.59. The molecule has 0 saturated carbocycles. The summed E-state index contributed by atoms with van der Waals surface area (Å²) in [5.41, 5.74) is 5.55. The molecule has 3 aromatic rings. The van der Waals surface area contributed by atoms with E-state index in [1.54, 1.807) is 0 Å². The van der Waals surface area contributed by atoms with E-state index in [1.807, 2.05) is 13.8 Å². The summed E-state index contributed by atoms with van der Waals surface area (Å²) >= 11 is 0. The molecule has 0 spiro atoms. The fraction of sp³-hybridized carbons (Fsp3) is 0.417. The molecule has 0 fully saturated rings. The van der Waals surface area contributed by atoms with Gasteiger partial charge in [-0.05, 0) is 25.5 Å². The second-order valence-corrected chi connectivity index (χ2v) is 9.42. The molecule has 2 heterocycles. The molecule has 0 unspecified atom stereocenters. The topological polar surface area (TPSA) is 51.6 Å². The van der Waals surface area contributed by atoms with Crippen LogP contribution in [0, 0.1) is 13.8 Å². The van der Waals surface area contributed by atoms with Crippen LogP contribution in [-0.2, 0) is 10.8 Å². The fourth-order valence-corrected chi connectivity index (χ4v) is 3.23. The van der Waals surface area contributed by atoms with Crippen LogP contribution in [0.2, 0.25) is 0 Å². The number of hydrogen-bond acceptors (Lipinski definition) is 4. The Morgan fingerprint density at radius 1 is 0.571 bits per heavy atom. The Morgan fingerprint density at radius 3 is 1.61 bits per heavy atom. The SMILES string of the molecule is Cc1nc(C)nc(-c2ccc(-c3ccc(C(C)(C)C)nc3C(C)(C)C)cc2)n1. The quantitative estimate of drug-likeness (QED) is 0.568. The molecule has 2 aromatic heterocycles. The number of aryl methyl sites for hydroxylation is 2. The molecule has 0 aliphatic rings. The number of benzene rings is 1. The number of hydrogen-bond donors (Lipinski definition) is 0. The highest BCUT2D eigenvalue weighted by atomic mass is 15.0. The van der Waals surface area contributed by atoms with Crippen molar-refractivity contribution in [2.75, 3.05) is 0 Å². The largest absolute Gasteiger partial charge is 0.256 e. The molecule has 0 amide bonds. The number of pyridine rings is 1. The van der Waals surface area contributed by atoms with Gasteiger partial charge >= 0.3 is 0 Å². The average molecular weight is 375 g/mol. The summed E-state index contributed by atoms with van der Waals surface area (Å²) < 4.78 is 0. The van der Waals surface area contributed by atoms with Crippen LogP contribution in [0.5, 0.6) is 0 Å². The van der Waals surface area contributed by atoms with Gasteiger partial charge in [0.1, 0.15) is 11.6 Å². The first-order valence-corrected chi connectivity index (χ1v) is 9.77. The highest BCUT2D eigenvalue weighted by molar-refractivity contribution is 5.70. The van der Waals surface area contributed by atoms with Gasteiger partial charge in [0.15, 0.2) is 5.82 Å². The smallest absolute Gasteiger partial charge is 0.163 e. The normalized spacial score (nSPS) is 12.3. The zero-order valence-corrected chi connectivity index (χ0v) is 18.3. The monoisotopic (exact) mass is 374 g/mol. The lowest BCUT2D eigenvalue weighted by Gasteiger charge is -2.26. The van der Waals surface area contributed by atoms with Gasteiger partial charge in [-0.3, -0.25) is 4.98 Å². The van der Waals surface area contributed by atoms with Crippen LogP contribution in [0.4, 0.5) is 0 Å². The second-order valence-electron chi connectivity index (χ2n) is 9.42. The zero-order chi connectivity index (χ0) is 20.7. The number of aromatic nitrogens is 4. The van der Waals surface area contributed by atoms with E-state index in [1.165, 1.54) is 5.56 Å². The third-order valence-electron chi connectivity index (χ3n) is 4.69. The molecule has 0 radical (unpaired) electrons. The van der Waals surface area contributed by atoms with Crippen LogP contribution >= 0.6 is 0 Å². The van der Waals surface area contributed by atoms with Crippen molar-refractivity contribution in [3.63, 3.8) is 0 Å². The summed E-state index contributed by atoms with van der Waals surface area (Å²) in [6, 6.07) is 12.8. The van der Waals surface area contributed by atoms with Gasteiger partial charge in [-0.15, -0.1) is 0 Å². The van der Waals surface area contributed by atoms with Gasteiger partial charge in [0.2, 0.25) is 0 Å². The van der Waals surface area contributed by atoms with Crippen molar-refractivity contribution in [1.29, 1.82) is 0 Å². The first-order valence-electron chi connectivity index (χ1n) is 9.77. The summed E-state index contributed by atoms with van der Waals surface area (Å²) in [5.74, 6) is 2.20. The predicted octanol–water partition coefficient (Wildman–Crippen LogP) is 5.81. The van der Waals surface area contributed by atoms with Gasteiger partial charge in [0.25, 0.3) is 0 Å². The minimum absolute atomic E-state index is 0.0246. The lowest BCUT2D eigenvalue weighted by molar-refractivity contribution is 0.532. The van der Waals surface area contributed by atoms with Crippen LogP contribution in [0.15, 0.2) is 36.4 Å². The van der Waals surface area contributed by atoms with E-state index in [9.17, 15) is 0 Å². The van der Waals surface area contributed by atoms with E-state index < -0.39 is 0 Å². The maximum atomic E-state index is 5.06. The summed E-state index contributed by atoms with van der Waals surface area (Å²) in [6.07, 6.45) is 0. The molecule has 4 nitrogen and oxygen atoms in total. The molecule has 4 heteroatoms. The first-order chi connectivity index (χ1) is 12.9. The third kappa shape index (κ3) is 4.27. The van der Waals surface area contributed by atoms with Gasteiger partial charge in [0, 0.05) is 27.7 Å². The van der Waals surface area contributed by atoms with Gasteiger partial charge in [-0.2, -0.15) is 0 Å². The van der Waals surface area contributed by atoms with Crippen LogP contribution in [0.25, 0.3) is 22.5 Å². The van der Waals surface area contributed by atoms with Crippen LogP contribution in [0.1, 0.15) is 64.6 Å². The van der Waals surface area contributed by atoms with Crippen molar-refractivity contribution in [3.05, 3.63) is 59.4 Å². The maximum Gasteiger partial charge on any atom is 0.163 e. The van der Waals surface area contributed by atoms with Gasteiger partial charge in [-0.1, -0.05) is 71.9 Å². The standard InChI is InChI=1S/C24H30N4/c1-15-25-16(2)27-22(26-15)18-11-9-17(10-12-18)19-13-14-20(23(3,4)5)28-21(19)24(6,7)8/h9-14H,1-8H3. The Labute approximate surface area is 168 Å². The first kappa shape index (κ1) is 20.1. The summed E-state index contributed by atoms with van der Waals surface area (Å²) in [6.45, 7) is 17.1. The zero-order valence-electron chi connectivity index (χ0n) is 18.3. The van der Waals surface area contributed by atoms with Crippen molar-refractivity contribution in [2.24, 2.45) is 0 Å². The van der Waals surface area contributed by atoms with Crippen molar-refractivity contribution in [3.8, 4) is 22.5 Å². The van der Waals surface area contributed by atoms with Gasteiger partial charge in [-0.25, -0.2) is 15.0 Å². The summed E-state index contributed by atoms with van der Waals surface area (Å²) in [5, 5.41) is 0. The third-order valence-corrected chi connectivity index (χ3v) is 4.69. The molecule has 0 bridgehead atoms. The summed E-state index contributed by atoms with van der Waals surface area (Å²) in [4.78, 5) is 18.3. The Balaban J connectivity index is 2.06. The minimum Gasteiger partial charge on any atom is -0.256 e. The van der Waals surface area contributed by atoms with Crippen molar-refractivity contribution in [1.82, 2.24) is 19.9 Å². The van der Waals surface area contributed by atoms with Crippen LogP contribution < -0.4 is 0 Å². The Hall–Kier alpha value is -2.62. The number of nitrogens with zero attached hydrogens (tertiary/aromatic N) is 4.